The summed E-state index contributed by atoms with van der Waals surface area (Å²) in [6, 6.07) is 6.66. The Labute approximate surface area is 116 Å². The monoisotopic (exact) mass is 259 g/mol. The summed E-state index contributed by atoms with van der Waals surface area (Å²) >= 11 is 0. The lowest BCUT2D eigenvalue weighted by atomic mass is 9.87. The molecule has 0 spiro atoms. The van der Waals surface area contributed by atoms with E-state index in [0.29, 0.717) is 0 Å². The molecule has 3 heteroatoms. The Balaban J connectivity index is 2.20. The zero-order valence-corrected chi connectivity index (χ0v) is 12.8. The largest absolute Gasteiger partial charge is 0.331 e. The van der Waals surface area contributed by atoms with Crippen LogP contribution in [0.3, 0.4) is 0 Å². The highest BCUT2D eigenvalue weighted by molar-refractivity contribution is 5.76. The highest BCUT2D eigenvalue weighted by atomic mass is 15.1. The van der Waals surface area contributed by atoms with E-state index in [1.807, 2.05) is 6.33 Å². The maximum atomic E-state index is 4.54. The molecule has 2 rings (SSSR count). The van der Waals surface area contributed by atoms with Crippen molar-refractivity contribution >= 4 is 11.0 Å². The minimum Gasteiger partial charge on any atom is -0.331 e. The van der Waals surface area contributed by atoms with E-state index in [1.165, 1.54) is 11.1 Å². The van der Waals surface area contributed by atoms with Crippen molar-refractivity contribution in [1.82, 2.24) is 14.5 Å². The van der Waals surface area contributed by atoms with Crippen molar-refractivity contribution in [2.75, 3.05) is 20.6 Å². The zero-order chi connectivity index (χ0) is 14.0. The molecule has 104 valence electrons. The van der Waals surface area contributed by atoms with E-state index in [4.69, 9.17) is 0 Å². The number of imidazole rings is 1. The van der Waals surface area contributed by atoms with E-state index >= 15 is 0 Å². The summed E-state index contributed by atoms with van der Waals surface area (Å²) in [5.41, 5.74) is 3.88. The second kappa shape index (κ2) is 5.33. The van der Waals surface area contributed by atoms with Crippen molar-refractivity contribution in [2.45, 2.75) is 39.2 Å². The summed E-state index contributed by atoms with van der Waals surface area (Å²) in [4.78, 5) is 6.76. The highest BCUT2D eigenvalue weighted by Crippen LogP contribution is 2.25. The molecule has 0 unspecified atom stereocenters. The van der Waals surface area contributed by atoms with Crippen LogP contribution in [0.15, 0.2) is 24.5 Å². The van der Waals surface area contributed by atoms with Gasteiger partial charge in [-0.2, -0.15) is 0 Å². The molecule has 1 aromatic carbocycles. The van der Waals surface area contributed by atoms with E-state index in [9.17, 15) is 0 Å². The van der Waals surface area contributed by atoms with Gasteiger partial charge in [0.25, 0.3) is 0 Å². The quantitative estimate of drug-likeness (QED) is 0.840. The van der Waals surface area contributed by atoms with E-state index in [2.05, 4.69) is 67.5 Å². The van der Waals surface area contributed by atoms with Gasteiger partial charge in [-0.25, -0.2) is 4.98 Å². The second-order valence-electron chi connectivity index (χ2n) is 6.55. The lowest BCUT2D eigenvalue weighted by Gasteiger charge is -2.18. The Hall–Kier alpha value is -1.35. The Bertz CT molecular complexity index is 547. The number of aryl methyl sites for hydroxylation is 1. The topological polar surface area (TPSA) is 21.1 Å². The second-order valence-corrected chi connectivity index (χ2v) is 6.55. The molecular weight excluding hydrogens is 234 g/mol. The van der Waals surface area contributed by atoms with Crippen LogP contribution in [0.4, 0.5) is 0 Å². The predicted octanol–water partition coefficient (Wildman–Crippen LogP) is 3.29. The number of benzene rings is 1. The molecule has 0 bridgehead atoms. The van der Waals surface area contributed by atoms with E-state index in [0.717, 1.165) is 25.0 Å². The number of nitrogens with zero attached hydrogens (tertiary/aromatic N) is 3. The van der Waals surface area contributed by atoms with Gasteiger partial charge in [-0.1, -0.05) is 26.8 Å². The number of hydrogen-bond acceptors (Lipinski definition) is 2. The maximum Gasteiger partial charge on any atom is 0.0958 e. The SMILES string of the molecule is CN(C)CCCn1cnc2cc(C(C)(C)C)ccc21. The van der Waals surface area contributed by atoms with Gasteiger partial charge < -0.3 is 9.47 Å². The summed E-state index contributed by atoms with van der Waals surface area (Å²) < 4.78 is 2.26. The molecule has 0 aliphatic heterocycles. The predicted molar refractivity (Wildman–Crippen MR) is 81.6 cm³/mol. The van der Waals surface area contributed by atoms with Gasteiger partial charge in [0.2, 0.25) is 0 Å². The van der Waals surface area contributed by atoms with Crippen LogP contribution in [0.25, 0.3) is 11.0 Å². The summed E-state index contributed by atoms with van der Waals surface area (Å²) in [6.07, 6.45) is 3.12. The van der Waals surface area contributed by atoms with Gasteiger partial charge in [-0.15, -0.1) is 0 Å². The van der Waals surface area contributed by atoms with Gasteiger partial charge in [0.05, 0.1) is 17.4 Å². The lowest BCUT2D eigenvalue weighted by molar-refractivity contribution is 0.387. The molecule has 2 aromatic rings. The van der Waals surface area contributed by atoms with Crippen molar-refractivity contribution in [1.29, 1.82) is 0 Å². The molecule has 0 saturated heterocycles. The molecule has 0 aliphatic carbocycles. The molecule has 19 heavy (non-hydrogen) atoms. The Morgan fingerprint density at radius 3 is 2.58 bits per heavy atom. The van der Waals surface area contributed by atoms with E-state index < -0.39 is 0 Å². The third-order valence-electron chi connectivity index (χ3n) is 3.49. The first-order valence-electron chi connectivity index (χ1n) is 6.98. The summed E-state index contributed by atoms with van der Waals surface area (Å²) in [7, 11) is 4.23. The van der Waals surface area contributed by atoms with Gasteiger partial charge in [-0.05, 0) is 50.2 Å². The molecule has 0 fully saturated rings. The highest BCUT2D eigenvalue weighted by Gasteiger charge is 2.14. The van der Waals surface area contributed by atoms with Crippen molar-refractivity contribution in [3.8, 4) is 0 Å². The van der Waals surface area contributed by atoms with Crippen LogP contribution in [0.1, 0.15) is 32.8 Å². The van der Waals surface area contributed by atoms with Crippen LogP contribution in [-0.4, -0.2) is 35.1 Å². The third-order valence-corrected chi connectivity index (χ3v) is 3.49. The fraction of sp³-hybridized carbons (Fsp3) is 0.562. The molecule has 0 radical (unpaired) electrons. The van der Waals surface area contributed by atoms with Crippen LogP contribution in [0.2, 0.25) is 0 Å². The standard InChI is InChI=1S/C16H25N3/c1-16(2,3)13-7-8-15-14(11-13)17-12-19(15)10-6-9-18(4)5/h7-8,11-12H,6,9-10H2,1-5H3. The number of rotatable bonds is 4. The van der Waals surface area contributed by atoms with Crippen LogP contribution in [0, 0.1) is 0 Å². The molecule has 0 saturated carbocycles. The lowest BCUT2D eigenvalue weighted by Crippen LogP contribution is -2.14. The third kappa shape index (κ3) is 3.35. The summed E-state index contributed by atoms with van der Waals surface area (Å²) in [5, 5.41) is 0. The zero-order valence-electron chi connectivity index (χ0n) is 12.8. The molecule has 1 aromatic heterocycles. The average molecular weight is 259 g/mol. The van der Waals surface area contributed by atoms with Crippen LogP contribution >= 0.6 is 0 Å². The molecule has 0 N–H and O–H groups in total. The van der Waals surface area contributed by atoms with Crippen LogP contribution in [-0.2, 0) is 12.0 Å². The first-order valence-corrected chi connectivity index (χ1v) is 6.98. The molecule has 1 heterocycles. The van der Waals surface area contributed by atoms with Crippen molar-refractivity contribution in [3.05, 3.63) is 30.1 Å². The van der Waals surface area contributed by atoms with Crippen molar-refractivity contribution in [2.24, 2.45) is 0 Å². The van der Waals surface area contributed by atoms with Gasteiger partial charge in [-0.3, -0.25) is 0 Å². The Morgan fingerprint density at radius 2 is 1.95 bits per heavy atom. The van der Waals surface area contributed by atoms with E-state index in [1.54, 1.807) is 0 Å². The van der Waals surface area contributed by atoms with Crippen LogP contribution in [0.5, 0.6) is 0 Å². The smallest absolute Gasteiger partial charge is 0.0958 e. The number of aromatic nitrogens is 2. The van der Waals surface area contributed by atoms with Gasteiger partial charge in [0.15, 0.2) is 0 Å². The van der Waals surface area contributed by atoms with Gasteiger partial charge in [0, 0.05) is 6.54 Å². The van der Waals surface area contributed by atoms with Crippen molar-refractivity contribution < 1.29 is 0 Å². The Morgan fingerprint density at radius 1 is 1.21 bits per heavy atom. The minimum atomic E-state index is 0.183. The molecule has 0 aliphatic rings. The minimum absolute atomic E-state index is 0.183. The summed E-state index contributed by atoms with van der Waals surface area (Å²) in [5.74, 6) is 0. The van der Waals surface area contributed by atoms with Gasteiger partial charge in [0.1, 0.15) is 0 Å². The van der Waals surface area contributed by atoms with Crippen LogP contribution < -0.4 is 0 Å². The molecular formula is C16H25N3. The number of hydrogen-bond donors (Lipinski definition) is 0. The normalized spacial score (nSPS) is 12.5. The Kier molecular flexibility index (Phi) is 3.95. The molecule has 3 nitrogen and oxygen atoms in total. The maximum absolute atomic E-state index is 4.54. The number of fused-ring (bicyclic) bond motifs is 1. The molecule has 0 amide bonds. The van der Waals surface area contributed by atoms with E-state index in [-0.39, 0.29) is 5.41 Å². The fourth-order valence-electron chi connectivity index (χ4n) is 2.27. The first kappa shape index (κ1) is 14.1. The first-order chi connectivity index (χ1) is 8.88. The van der Waals surface area contributed by atoms with Crippen molar-refractivity contribution in [3.63, 3.8) is 0 Å². The average Bonchev–Trinajstić information content (AvgIpc) is 2.70. The fourth-order valence-corrected chi connectivity index (χ4v) is 2.27. The summed E-state index contributed by atoms with van der Waals surface area (Å²) in [6.45, 7) is 8.86. The van der Waals surface area contributed by atoms with Gasteiger partial charge >= 0.3 is 0 Å². The molecule has 0 atom stereocenters.